The van der Waals surface area contributed by atoms with Crippen molar-refractivity contribution in [1.82, 2.24) is 5.32 Å². The minimum atomic E-state index is -1.08. The van der Waals surface area contributed by atoms with Crippen molar-refractivity contribution in [2.45, 2.75) is 32.9 Å². The molecule has 2 aromatic rings. The molecule has 0 fully saturated rings. The Balaban J connectivity index is 1.96. The molecule has 0 radical (unpaired) electrons. The lowest BCUT2D eigenvalue weighted by atomic mass is 10.0. The number of ether oxygens (including phenoxy) is 1. The Labute approximate surface area is 162 Å². The zero-order valence-corrected chi connectivity index (χ0v) is 15.8. The summed E-state index contributed by atoms with van der Waals surface area (Å²) in [5.41, 5.74) is 0.933. The lowest BCUT2D eigenvalue weighted by molar-refractivity contribution is -0.156. The molecule has 28 heavy (non-hydrogen) atoms. The van der Waals surface area contributed by atoms with E-state index in [1.54, 1.807) is 44.2 Å². The third kappa shape index (κ3) is 5.45. The number of nitriles is 1. The van der Waals surface area contributed by atoms with Crippen LogP contribution in [0.3, 0.4) is 0 Å². The van der Waals surface area contributed by atoms with Gasteiger partial charge in [-0.2, -0.15) is 5.26 Å². The van der Waals surface area contributed by atoms with E-state index in [0.717, 1.165) is 0 Å². The molecule has 1 aromatic carbocycles. The van der Waals surface area contributed by atoms with Crippen LogP contribution in [-0.2, 0) is 14.3 Å². The Morgan fingerprint density at radius 1 is 1.11 bits per heavy atom. The summed E-state index contributed by atoms with van der Waals surface area (Å²) in [5.74, 6) is -1.99. The van der Waals surface area contributed by atoms with E-state index in [2.05, 4.69) is 10.6 Å². The number of carbonyl (C=O) groups excluding carboxylic acids is 3. The third-order valence-electron chi connectivity index (χ3n) is 3.90. The van der Waals surface area contributed by atoms with Gasteiger partial charge in [0.15, 0.2) is 11.9 Å². The minimum absolute atomic E-state index is 0.0741. The molecule has 1 aromatic heterocycles. The number of hydrogen-bond acceptors (Lipinski definition) is 6. The quantitative estimate of drug-likeness (QED) is 0.709. The number of benzene rings is 1. The van der Waals surface area contributed by atoms with E-state index in [1.165, 1.54) is 19.3 Å². The molecule has 146 valence electrons. The van der Waals surface area contributed by atoms with Gasteiger partial charge in [0.1, 0.15) is 6.04 Å². The lowest BCUT2D eigenvalue weighted by Crippen LogP contribution is -2.47. The summed E-state index contributed by atoms with van der Waals surface area (Å²) >= 11 is 0. The van der Waals surface area contributed by atoms with Crippen LogP contribution in [0.4, 0.5) is 5.69 Å². The van der Waals surface area contributed by atoms with Crippen LogP contribution in [0.1, 0.15) is 36.9 Å². The van der Waals surface area contributed by atoms with Gasteiger partial charge >= 0.3 is 5.97 Å². The van der Waals surface area contributed by atoms with E-state index >= 15 is 0 Å². The molecular formula is C20H21N3O5. The van der Waals surface area contributed by atoms with E-state index in [1.807, 2.05) is 6.07 Å². The summed E-state index contributed by atoms with van der Waals surface area (Å²) in [5, 5.41) is 13.9. The number of hydrogen-bond donors (Lipinski definition) is 2. The second-order valence-electron chi connectivity index (χ2n) is 6.43. The van der Waals surface area contributed by atoms with Gasteiger partial charge in [-0.3, -0.25) is 9.59 Å². The molecule has 8 heteroatoms. The van der Waals surface area contributed by atoms with Gasteiger partial charge in [-0.25, -0.2) is 4.79 Å². The van der Waals surface area contributed by atoms with Crippen molar-refractivity contribution in [2.75, 3.05) is 5.32 Å². The molecule has 1 heterocycles. The first-order valence-corrected chi connectivity index (χ1v) is 8.67. The Morgan fingerprint density at radius 2 is 1.79 bits per heavy atom. The molecule has 0 bridgehead atoms. The molecule has 0 aliphatic carbocycles. The Kier molecular flexibility index (Phi) is 6.93. The SMILES string of the molecule is CC(C)[C@H](NC(=O)c1ccco1)C(=O)O[C@H](C)C(=O)Nc1ccc(C#N)cc1. The van der Waals surface area contributed by atoms with Crippen LogP contribution in [0.5, 0.6) is 0 Å². The molecule has 0 spiro atoms. The van der Waals surface area contributed by atoms with Crippen LogP contribution in [0.15, 0.2) is 47.1 Å². The highest BCUT2D eigenvalue weighted by Gasteiger charge is 2.29. The zero-order valence-electron chi connectivity index (χ0n) is 15.8. The van der Waals surface area contributed by atoms with Crippen LogP contribution in [0.25, 0.3) is 0 Å². The number of anilines is 1. The van der Waals surface area contributed by atoms with Crippen molar-refractivity contribution >= 4 is 23.5 Å². The first-order valence-electron chi connectivity index (χ1n) is 8.67. The average Bonchev–Trinajstić information content (AvgIpc) is 3.21. The fraction of sp³-hybridized carbons (Fsp3) is 0.300. The summed E-state index contributed by atoms with van der Waals surface area (Å²) in [6, 6.07) is 10.4. The van der Waals surface area contributed by atoms with Crippen LogP contribution in [0, 0.1) is 17.2 Å². The number of furan rings is 1. The van der Waals surface area contributed by atoms with Crippen molar-refractivity contribution < 1.29 is 23.5 Å². The van der Waals surface area contributed by atoms with Gasteiger partial charge in [-0.1, -0.05) is 13.8 Å². The van der Waals surface area contributed by atoms with Crippen molar-refractivity contribution in [3.63, 3.8) is 0 Å². The Bertz CT molecular complexity index is 866. The monoisotopic (exact) mass is 383 g/mol. The van der Waals surface area contributed by atoms with Gasteiger partial charge in [0.05, 0.1) is 17.9 Å². The Morgan fingerprint density at radius 3 is 2.32 bits per heavy atom. The first-order chi connectivity index (χ1) is 13.3. The highest BCUT2D eigenvalue weighted by Crippen LogP contribution is 2.12. The van der Waals surface area contributed by atoms with E-state index in [4.69, 9.17) is 14.4 Å². The molecule has 8 nitrogen and oxygen atoms in total. The summed E-state index contributed by atoms with van der Waals surface area (Å²) in [6.07, 6.45) is 0.276. The predicted molar refractivity (Wildman–Crippen MR) is 100 cm³/mol. The molecule has 0 unspecified atom stereocenters. The van der Waals surface area contributed by atoms with E-state index < -0.39 is 29.9 Å². The predicted octanol–water partition coefficient (Wildman–Crippen LogP) is 2.48. The number of amides is 2. The van der Waals surface area contributed by atoms with E-state index in [-0.39, 0.29) is 11.7 Å². The summed E-state index contributed by atoms with van der Waals surface area (Å²) in [6.45, 7) is 4.92. The molecule has 0 saturated heterocycles. The van der Waals surface area contributed by atoms with Gasteiger partial charge < -0.3 is 19.8 Å². The standard InChI is InChI=1S/C20H21N3O5/c1-12(2)17(23-19(25)16-5-4-10-27-16)20(26)28-13(3)18(24)22-15-8-6-14(11-21)7-9-15/h4-10,12-13,17H,1-3H3,(H,22,24)(H,23,25)/t13-,17+/m1/s1. The molecule has 2 N–H and O–H groups in total. The normalized spacial score (nSPS) is 12.5. The molecule has 0 aliphatic heterocycles. The lowest BCUT2D eigenvalue weighted by Gasteiger charge is -2.22. The van der Waals surface area contributed by atoms with Crippen molar-refractivity contribution in [3.05, 3.63) is 54.0 Å². The zero-order chi connectivity index (χ0) is 20.7. The fourth-order valence-corrected chi connectivity index (χ4v) is 2.29. The van der Waals surface area contributed by atoms with E-state index in [9.17, 15) is 14.4 Å². The highest BCUT2D eigenvalue weighted by molar-refractivity contribution is 5.97. The first kappa shape index (κ1) is 20.7. The van der Waals surface area contributed by atoms with Gasteiger partial charge in [-0.05, 0) is 49.2 Å². The van der Waals surface area contributed by atoms with Crippen molar-refractivity contribution in [3.8, 4) is 6.07 Å². The van der Waals surface area contributed by atoms with Crippen molar-refractivity contribution in [1.29, 1.82) is 5.26 Å². The van der Waals surface area contributed by atoms with Crippen LogP contribution in [0.2, 0.25) is 0 Å². The number of nitrogens with zero attached hydrogens (tertiary/aromatic N) is 1. The average molecular weight is 383 g/mol. The maximum Gasteiger partial charge on any atom is 0.329 e. The fourth-order valence-electron chi connectivity index (χ4n) is 2.29. The maximum atomic E-state index is 12.5. The van der Waals surface area contributed by atoms with E-state index in [0.29, 0.717) is 11.3 Å². The van der Waals surface area contributed by atoms with Crippen LogP contribution < -0.4 is 10.6 Å². The minimum Gasteiger partial charge on any atom is -0.459 e. The smallest absolute Gasteiger partial charge is 0.329 e. The van der Waals surface area contributed by atoms with Gasteiger partial charge in [0, 0.05) is 5.69 Å². The molecule has 2 atom stereocenters. The highest BCUT2D eigenvalue weighted by atomic mass is 16.5. The summed E-state index contributed by atoms with van der Waals surface area (Å²) in [7, 11) is 0. The number of carbonyl (C=O) groups is 3. The summed E-state index contributed by atoms with van der Waals surface area (Å²) in [4.78, 5) is 36.8. The second kappa shape index (κ2) is 9.37. The number of esters is 1. The topological polar surface area (TPSA) is 121 Å². The van der Waals surface area contributed by atoms with Gasteiger partial charge in [-0.15, -0.1) is 0 Å². The Hall–Kier alpha value is -3.60. The molecule has 0 saturated carbocycles. The summed E-state index contributed by atoms with van der Waals surface area (Å²) < 4.78 is 10.2. The molecule has 2 amide bonds. The third-order valence-corrected chi connectivity index (χ3v) is 3.90. The van der Waals surface area contributed by atoms with Crippen LogP contribution in [-0.4, -0.2) is 29.9 Å². The number of nitrogens with one attached hydrogen (secondary N) is 2. The number of rotatable bonds is 7. The van der Waals surface area contributed by atoms with Gasteiger partial charge in [0.25, 0.3) is 11.8 Å². The molecular weight excluding hydrogens is 362 g/mol. The molecule has 0 aliphatic rings. The maximum absolute atomic E-state index is 12.5. The largest absolute Gasteiger partial charge is 0.459 e. The van der Waals surface area contributed by atoms with Gasteiger partial charge in [0.2, 0.25) is 0 Å². The molecule has 2 rings (SSSR count). The second-order valence-corrected chi connectivity index (χ2v) is 6.43. The van der Waals surface area contributed by atoms with Crippen LogP contribution >= 0.6 is 0 Å². The van der Waals surface area contributed by atoms with Crippen molar-refractivity contribution in [2.24, 2.45) is 5.92 Å².